The Morgan fingerprint density at radius 1 is 1.06 bits per heavy atom. The van der Waals surface area contributed by atoms with Crippen LogP contribution in [0.1, 0.15) is 40.0 Å². The van der Waals surface area contributed by atoms with Crippen LogP contribution in [0.25, 0.3) is 0 Å². The minimum atomic E-state index is -0.604. The minimum absolute atomic E-state index is 0.000182. The third-order valence-corrected chi connectivity index (χ3v) is 6.18. The Kier molecular flexibility index (Phi) is 5.52. The molecular weight excluding hydrogens is 396 g/mol. The molecule has 0 saturated carbocycles. The second kappa shape index (κ2) is 8.13. The molecule has 2 heterocycles. The lowest BCUT2D eigenvalue weighted by molar-refractivity contribution is -0.00610. The summed E-state index contributed by atoms with van der Waals surface area (Å²) in [5.41, 5.74) is 1.58. The van der Waals surface area contributed by atoms with Crippen molar-refractivity contribution in [1.29, 1.82) is 0 Å². The summed E-state index contributed by atoms with van der Waals surface area (Å²) < 4.78 is 17.1. The Hall–Kier alpha value is -3.22. The van der Waals surface area contributed by atoms with Gasteiger partial charge in [0.1, 0.15) is 28.4 Å². The normalized spacial score (nSPS) is 17.0. The molecule has 2 aromatic carbocycles. The summed E-state index contributed by atoms with van der Waals surface area (Å²) in [4.78, 5) is 29.8. The summed E-state index contributed by atoms with van der Waals surface area (Å²) in [6.45, 7) is 1.08. The van der Waals surface area contributed by atoms with Crippen molar-refractivity contribution in [2.24, 2.45) is 0 Å². The van der Waals surface area contributed by atoms with Gasteiger partial charge < -0.3 is 24.0 Å². The number of rotatable bonds is 4. The monoisotopic (exact) mass is 424 g/mol. The molecule has 0 N–H and O–H groups in total. The second-order valence-electron chi connectivity index (χ2n) is 8.32. The number of carbonyl (C=O) groups is 2. The molecule has 2 aromatic rings. The number of carbonyl (C=O) groups excluding carboxylic acids is 2. The predicted octanol–water partition coefficient (Wildman–Crippen LogP) is 3.41. The van der Waals surface area contributed by atoms with Crippen molar-refractivity contribution < 1.29 is 23.8 Å². The maximum absolute atomic E-state index is 13.0. The van der Waals surface area contributed by atoms with Crippen molar-refractivity contribution in [2.75, 3.05) is 46.3 Å². The van der Waals surface area contributed by atoms with Gasteiger partial charge in [-0.25, -0.2) is 0 Å². The molecule has 7 nitrogen and oxygen atoms in total. The molecule has 4 rings (SSSR count). The van der Waals surface area contributed by atoms with Gasteiger partial charge in [0.05, 0.1) is 20.6 Å². The van der Waals surface area contributed by atoms with E-state index in [9.17, 15) is 9.59 Å². The van der Waals surface area contributed by atoms with Crippen LogP contribution in [0.2, 0.25) is 0 Å². The quantitative estimate of drug-likeness (QED) is 0.749. The number of anilines is 1. The Morgan fingerprint density at radius 3 is 2.32 bits per heavy atom. The van der Waals surface area contributed by atoms with Gasteiger partial charge in [0.25, 0.3) is 5.91 Å². The van der Waals surface area contributed by atoms with E-state index in [0.717, 1.165) is 5.69 Å². The van der Waals surface area contributed by atoms with Crippen molar-refractivity contribution in [2.45, 2.75) is 24.9 Å². The summed E-state index contributed by atoms with van der Waals surface area (Å²) in [6.07, 6.45) is 1.47. The molecule has 0 aliphatic carbocycles. The van der Waals surface area contributed by atoms with Gasteiger partial charge in [0.15, 0.2) is 5.78 Å². The van der Waals surface area contributed by atoms with Crippen LogP contribution in [0.15, 0.2) is 36.4 Å². The van der Waals surface area contributed by atoms with E-state index < -0.39 is 5.60 Å². The molecule has 1 spiro atoms. The standard InChI is InChI=1S/C24H28N2O5/c1-25(2)17-7-5-16(6-8-17)23(28)26-11-9-24(10-12-26)15-19(27)22-20(30-4)13-18(29-3)14-21(22)31-24/h5-8,13-14H,9-12,15H2,1-4H3. The highest BCUT2D eigenvalue weighted by Gasteiger charge is 2.45. The minimum Gasteiger partial charge on any atom is -0.496 e. The number of piperidine rings is 1. The largest absolute Gasteiger partial charge is 0.496 e. The van der Waals surface area contributed by atoms with Gasteiger partial charge in [-0.05, 0) is 24.3 Å². The molecule has 1 saturated heterocycles. The number of ketones is 1. The van der Waals surface area contributed by atoms with Crippen LogP contribution in [0.4, 0.5) is 5.69 Å². The van der Waals surface area contributed by atoms with E-state index >= 15 is 0 Å². The van der Waals surface area contributed by atoms with Gasteiger partial charge in [0.2, 0.25) is 0 Å². The lowest BCUT2D eigenvalue weighted by Crippen LogP contribution is -2.52. The fourth-order valence-electron chi connectivity index (χ4n) is 4.33. The smallest absolute Gasteiger partial charge is 0.253 e. The van der Waals surface area contributed by atoms with E-state index in [1.54, 1.807) is 19.2 Å². The number of amides is 1. The first-order valence-corrected chi connectivity index (χ1v) is 10.4. The topological polar surface area (TPSA) is 68.3 Å². The number of fused-ring (bicyclic) bond motifs is 1. The first-order valence-electron chi connectivity index (χ1n) is 10.4. The molecule has 0 bridgehead atoms. The third kappa shape index (κ3) is 3.92. The van der Waals surface area contributed by atoms with E-state index in [4.69, 9.17) is 14.2 Å². The summed E-state index contributed by atoms with van der Waals surface area (Å²) >= 11 is 0. The van der Waals surface area contributed by atoms with Gasteiger partial charge in [-0.3, -0.25) is 9.59 Å². The van der Waals surface area contributed by atoms with Gasteiger partial charge in [-0.15, -0.1) is 0 Å². The highest BCUT2D eigenvalue weighted by Crippen LogP contribution is 2.44. The number of hydrogen-bond donors (Lipinski definition) is 0. The fraction of sp³-hybridized carbons (Fsp3) is 0.417. The van der Waals surface area contributed by atoms with Crippen molar-refractivity contribution >= 4 is 17.4 Å². The van der Waals surface area contributed by atoms with Crippen LogP contribution in [0, 0.1) is 0 Å². The zero-order valence-corrected chi connectivity index (χ0v) is 18.4. The Morgan fingerprint density at radius 2 is 1.74 bits per heavy atom. The first-order chi connectivity index (χ1) is 14.9. The van der Waals surface area contributed by atoms with Crippen molar-refractivity contribution in [1.82, 2.24) is 4.90 Å². The number of methoxy groups -OCH3 is 2. The molecular formula is C24H28N2O5. The molecule has 2 aliphatic heterocycles. The van der Waals surface area contributed by atoms with E-state index in [0.29, 0.717) is 54.3 Å². The van der Waals surface area contributed by atoms with Crippen molar-refractivity contribution in [3.63, 3.8) is 0 Å². The van der Waals surface area contributed by atoms with Crippen molar-refractivity contribution in [3.8, 4) is 17.2 Å². The summed E-state index contributed by atoms with van der Waals surface area (Å²) in [6, 6.07) is 11.0. The number of benzene rings is 2. The van der Waals surface area contributed by atoms with Crippen molar-refractivity contribution in [3.05, 3.63) is 47.5 Å². The van der Waals surface area contributed by atoms with E-state index in [-0.39, 0.29) is 18.1 Å². The van der Waals surface area contributed by atoms with Crippen LogP contribution in [0.3, 0.4) is 0 Å². The Labute approximate surface area is 182 Å². The summed E-state index contributed by atoms with van der Waals surface area (Å²) in [5.74, 6) is 1.54. The number of hydrogen-bond acceptors (Lipinski definition) is 6. The number of nitrogens with zero attached hydrogens (tertiary/aromatic N) is 2. The molecule has 0 radical (unpaired) electrons. The average Bonchev–Trinajstić information content (AvgIpc) is 2.78. The zero-order valence-electron chi connectivity index (χ0n) is 18.4. The highest BCUT2D eigenvalue weighted by atomic mass is 16.5. The van der Waals surface area contributed by atoms with Gasteiger partial charge in [-0.1, -0.05) is 0 Å². The molecule has 0 unspecified atom stereocenters. The molecule has 1 fully saturated rings. The van der Waals surface area contributed by atoms with E-state index in [1.165, 1.54) is 7.11 Å². The summed E-state index contributed by atoms with van der Waals surface area (Å²) in [7, 11) is 7.03. The van der Waals surface area contributed by atoms with E-state index in [1.807, 2.05) is 48.2 Å². The SMILES string of the molecule is COc1cc(OC)c2c(c1)OC1(CCN(C(=O)c3ccc(N(C)C)cc3)CC1)CC2=O. The molecule has 0 atom stereocenters. The van der Waals surface area contributed by atoms with E-state index in [2.05, 4.69) is 0 Å². The number of likely N-dealkylation sites (tertiary alicyclic amines) is 1. The first kappa shape index (κ1) is 21.0. The van der Waals surface area contributed by atoms with Crippen LogP contribution in [-0.2, 0) is 0 Å². The molecule has 2 aliphatic rings. The van der Waals surface area contributed by atoms with Crippen LogP contribution in [-0.4, -0.2) is 63.6 Å². The lowest BCUT2D eigenvalue weighted by atomic mass is 9.82. The Bertz CT molecular complexity index is 992. The molecule has 0 aromatic heterocycles. The van der Waals surface area contributed by atoms with Crippen LogP contribution < -0.4 is 19.1 Å². The summed E-state index contributed by atoms with van der Waals surface area (Å²) in [5, 5.41) is 0. The fourth-order valence-corrected chi connectivity index (χ4v) is 4.33. The molecule has 31 heavy (non-hydrogen) atoms. The molecule has 164 valence electrons. The van der Waals surface area contributed by atoms with Gasteiger partial charge in [0, 0.05) is 63.4 Å². The maximum atomic E-state index is 13.0. The second-order valence-corrected chi connectivity index (χ2v) is 8.32. The van der Waals surface area contributed by atoms with Crippen LogP contribution in [0.5, 0.6) is 17.2 Å². The zero-order chi connectivity index (χ0) is 22.2. The average molecular weight is 424 g/mol. The maximum Gasteiger partial charge on any atom is 0.253 e. The van der Waals surface area contributed by atoms with Crippen LogP contribution >= 0.6 is 0 Å². The number of Topliss-reactive ketones (excluding diaryl/α,β-unsaturated/α-hetero) is 1. The van der Waals surface area contributed by atoms with Gasteiger partial charge >= 0.3 is 0 Å². The Balaban J connectivity index is 1.49. The predicted molar refractivity (Wildman–Crippen MR) is 118 cm³/mol. The van der Waals surface area contributed by atoms with Gasteiger partial charge in [-0.2, -0.15) is 0 Å². The molecule has 7 heteroatoms. The highest BCUT2D eigenvalue weighted by molar-refractivity contribution is 6.03. The molecule has 1 amide bonds. The third-order valence-electron chi connectivity index (χ3n) is 6.18. The lowest BCUT2D eigenvalue weighted by Gasteiger charge is -2.44. The number of ether oxygens (including phenoxy) is 3.